The monoisotopic (exact) mass is 241 g/mol. The van der Waals surface area contributed by atoms with Crippen molar-refractivity contribution in [3.05, 3.63) is 34.9 Å². The Bertz CT molecular complexity index is 393. The second-order valence-electron chi connectivity index (χ2n) is 4.41. The van der Waals surface area contributed by atoms with Gasteiger partial charge in [0, 0.05) is 18.0 Å². The third-order valence-electron chi connectivity index (χ3n) is 2.61. The Kier molecular flexibility index (Phi) is 4.75. The van der Waals surface area contributed by atoms with Gasteiger partial charge >= 0.3 is 0 Å². The van der Waals surface area contributed by atoms with E-state index in [1.54, 1.807) is 0 Å². The zero-order valence-electron chi connectivity index (χ0n) is 10.3. The normalized spacial score (nSPS) is 10.9. The summed E-state index contributed by atoms with van der Waals surface area (Å²) in [7, 11) is 0. The molecule has 1 aromatic carbocycles. The van der Waals surface area contributed by atoms with Gasteiger partial charge in [0.05, 0.1) is 6.54 Å². The number of carbonyl (C=O) groups is 1. The molecule has 0 unspecified atom stereocenters. The molecule has 0 saturated carbocycles. The molecule has 0 radical (unpaired) electrons. The quantitative estimate of drug-likeness (QED) is 0.858. The third kappa shape index (κ3) is 3.89. The van der Waals surface area contributed by atoms with Gasteiger partial charge in [0.25, 0.3) is 0 Å². The predicted octanol–water partition coefficient (Wildman–Crippen LogP) is 2.59. The van der Waals surface area contributed by atoms with Gasteiger partial charge in [-0.2, -0.15) is 0 Å². The van der Waals surface area contributed by atoms with E-state index in [4.69, 9.17) is 0 Å². The number of hydrogen-bond donors (Lipinski definition) is 1. The van der Waals surface area contributed by atoms with Gasteiger partial charge in [0.1, 0.15) is 17.4 Å². The fourth-order valence-corrected chi connectivity index (χ4v) is 1.33. The van der Waals surface area contributed by atoms with E-state index in [1.165, 1.54) is 19.1 Å². The average molecular weight is 241 g/mol. The second kappa shape index (κ2) is 5.87. The highest BCUT2D eigenvalue weighted by Gasteiger charge is 2.08. The van der Waals surface area contributed by atoms with Crippen molar-refractivity contribution >= 4 is 5.78 Å². The van der Waals surface area contributed by atoms with Crippen LogP contribution in [0.5, 0.6) is 0 Å². The van der Waals surface area contributed by atoms with E-state index in [1.807, 2.05) is 13.8 Å². The number of hydrogen-bond acceptors (Lipinski definition) is 2. The summed E-state index contributed by atoms with van der Waals surface area (Å²) in [5, 5.41) is 2.87. The van der Waals surface area contributed by atoms with Gasteiger partial charge in [0.2, 0.25) is 0 Å². The summed E-state index contributed by atoms with van der Waals surface area (Å²) >= 11 is 0. The zero-order chi connectivity index (χ0) is 13.0. The van der Waals surface area contributed by atoms with E-state index in [0.717, 1.165) is 0 Å². The lowest BCUT2D eigenvalue weighted by atomic mass is 10.1. The maximum Gasteiger partial charge on any atom is 0.149 e. The van der Waals surface area contributed by atoms with Crippen LogP contribution in [0.3, 0.4) is 0 Å². The molecule has 0 saturated heterocycles. The minimum Gasteiger partial charge on any atom is -0.306 e. The number of halogens is 2. The Morgan fingerprint density at radius 1 is 1.29 bits per heavy atom. The largest absolute Gasteiger partial charge is 0.306 e. The first-order valence-electron chi connectivity index (χ1n) is 5.59. The smallest absolute Gasteiger partial charge is 0.149 e. The van der Waals surface area contributed by atoms with E-state index in [0.29, 0.717) is 5.56 Å². The molecule has 0 aliphatic rings. The van der Waals surface area contributed by atoms with Gasteiger partial charge in [-0.05, 0) is 24.6 Å². The molecule has 94 valence electrons. The van der Waals surface area contributed by atoms with Gasteiger partial charge in [-0.15, -0.1) is 0 Å². The fraction of sp³-hybridized carbons (Fsp3) is 0.462. The number of carbonyl (C=O) groups excluding carboxylic acids is 1. The second-order valence-corrected chi connectivity index (χ2v) is 4.41. The van der Waals surface area contributed by atoms with Crippen LogP contribution in [0.15, 0.2) is 12.1 Å². The molecule has 0 fully saturated rings. The summed E-state index contributed by atoms with van der Waals surface area (Å²) in [6, 6.07) is 2.57. The molecule has 0 heterocycles. The highest BCUT2D eigenvalue weighted by Crippen LogP contribution is 2.13. The Hall–Kier alpha value is -1.29. The minimum absolute atomic E-state index is 0.0204. The number of benzene rings is 1. The Labute approximate surface area is 100 Å². The summed E-state index contributed by atoms with van der Waals surface area (Å²) < 4.78 is 26.4. The van der Waals surface area contributed by atoms with E-state index in [2.05, 4.69) is 5.32 Å². The molecule has 17 heavy (non-hydrogen) atoms. The molecule has 1 N–H and O–H groups in total. The average Bonchev–Trinajstić information content (AvgIpc) is 2.25. The lowest BCUT2D eigenvalue weighted by Crippen LogP contribution is -2.25. The summed E-state index contributed by atoms with van der Waals surface area (Å²) in [6.07, 6.45) is 0. The lowest BCUT2D eigenvalue weighted by molar-refractivity contribution is -0.121. The van der Waals surface area contributed by atoms with Crippen LogP contribution in [0.1, 0.15) is 25.0 Å². The van der Waals surface area contributed by atoms with Crippen molar-refractivity contribution in [3.63, 3.8) is 0 Å². The van der Waals surface area contributed by atoms with Crippen LogP contribution in [-0.4, -0.2) is 12.3 Å². The lowest BCUT2D eigenvalue weighted by Gasteiger charge is -2.08. The third-order valence-corrected chi connectivity index (χ3v) is 2.61. The standard InChI is InChI=1S/C13H17F2NO/c1-8(2)13(17)7-16-6-10-4-11(14)9(3)12(15)5-10/h4-5,8,16H,6-7H2,1-3H3. The molecule has 0 aliphatic heterocycles. The number of nitrogens with one attached hydrogen (secondary N) is 1. The van der Waals surface area contributed by atoms with E-state index < -0.39 is 11.6 Å². The molecule has 0 aromatic heterocycles. The van der Waals surface area contributed by atoms with Crippen molar-refractivity contribution in [1.29, 1.82) is 0 Å². The summed E-state index contributed by atoms with van der Waals surface area (Å²) in [5.74, 6) is -1.07. The topological polar surface area (TPSA) is 29.1 Å². The van der Waals surface area contributed by atoms with Crippen molar-refractivity contribution in [2.45, 2.75) is 27.3 Å². The van der Waals surface area contributed by atoms with Gasteiger partial charge in [0.15, 0.2) is 0 Å². The van der Waals surface area contributed by atoms with Crippen molar-refractivity contribution in [3.8, 4) is 0 Å². The molecule has 0 atom stereocenters. The summed E-state index contributed by atoms with van der Waals surface area (Å²) in [5.41, 5.74) is 0.522. The molecule has 1 aromatic rings. The molecule has 0 spiro atoms. The Morgan fingerprint density at radius 2 is 1.82 bits per heavy atom. The van der Waals surface area contributed by atoms with Gasteiger partial charge < -0.3 is 5.32 Å². The van der Waals surface area contributed by atoms with Crippen LogP contribution < -0.4 is 5.32 Å². The van der Waals surface area contributed by atoms with Crippen LogP contribution in [0, 0.1) is 24.5 Å². The minimum atomic E-state index is -0.558. The first kappa shape index (κ1) is 13.8. The van der Waals surface area contributed by atoms with Gasteiger partial charge in [-0.3, -0.25) is 4.79 Å². The molecule has 1 rings (SSSR count). The number of Topliss-reactive ketones (excluding diaryl/α,β-unsaturated/α-hetero) is 1. The number of ketones is 1. The molecule has 0 bridgehead atoms. The molecule has 4 heteroatoms. The first-order valence-corrected chi connectivity index (χ1v) is 5.59. The van der Waals surface area contributed by atoms with Crippen LogP contribution in [0.25, 0.3) is 0 Å². The highest BCUT2D eigenvalue weighted by atomic mass is 19.1. The fourth-order valence-electron chi connectivity index (χ4n) is 1.33. The highest BCUT2D eigenvalue weighted by molar-refractivity contribution is 5.82. The summed E-state index contributed by atoms with van der Waals surface area (Å²) in [6.45, 7) is 5.52. The van der Waals surface area contributed by atoms with Crippen LogP contribution in [-0.2, 0) is 11.3 Å². The molecular formula is C13H17F2NO. The van der Waals surface area contributed by atoms with E-state index >= 15 is 0 Å². The zero-order valence-corrected chi connectivity index (χ0v) is 10.3. The van der Waals surface area contributed by atoms with Gasteiger partial charge in [-0.25, -0.2) is 8.78 Å². The van der Waals surface area contributed by atoms with Gasteiger partial charge in [-0.1, -0.05) is 13.8 Å². The maximum atomic E-state index is 13.2. The Balaban J connectivity index is 2.56. The summed E-state index contributed by atoms with van der Waals surface area (Å²) in [4.78, 5) is 11.3. The van der Waals surface area contributed by atoms with Crippen LogP contribution >= 0.6 is 0 Å². The SMILES string of the molecule is Cc1c(F)cc(CNCC(=O)C(C)C)cc1F. The molecular weight excluding hydrogens is 224 g/mol. The molecule has 2 nitrogen and oxygen atoms in total. The van der Waals surface area contributed by atoms with Crippen LogP contribution in [0.2, 0.25) is 0 Å². The first-order chi connectivity index (χ1) is 7.91. The van der Waals surface area contributed by atoms with E-state index in [-0.39, 0.29) is 30.4 Å². The predicted molar refractivity (Wildman–Crippen MR) is 62.6 cm³/mol. The van der Waals surface area contributed by atoms with Crippen molar-refractivity contribution in [1.82, 2.24) is 5.32 Å². The molecule has 0 aliphatic carbocycles. The van der Waals surface area contributed by atoms with E-state index in [9.17, 15) is 13.6 Å². The molecule has 0 amide bonds. The Morgan fingerprint density at radius 3 is 2.29 bits per heavy atom. The number of rotatable bonds is 5. The van der Waals surface area contributed by atoms with Crippen molar-refractivity contribution in [2.24, 2.45) is 5.92 Å². The van der Waals surface area contributed by atoms with Crippen molar-refractivity contribution < 1.29 is 13.6 Å². The van der Waals surface area contributed by atoms with Crippen molar-refractivity contribution in [2.75, 3.05) is 6.54 Å². The maximum absolute atomic E-state index is 13.2. The van der Waals surface area contributed by atoms with Crippen LogP contribution in [0.4, 0.5) is 8.78 Å².